The number of thiophene rings is 1. The first kappa shape index (κ1) is 24.2. The standard InChI is InChI=1S/C26H28N2O4S2/c1-5-6-13-31-19-11-9-18(10-12-19)23-22(25(30)32-16(2)3)17(4)27-26-28(23)24(29)21(34-26)15-20-8-7-14-33-20/h7-12,14-16,23H,5-6,13H2,1-4H3. The lowest BCUT2D eigenvalue weighted by Gasteiger charge is -2.25. The molecule has 0 fully saturated rings. The summed E-state index contributed by atoms with van der Waals surface area (Å²) in [5.74, 6) is 0.298. The first-order valence-electron chi connectivity index (χ1n) is 11.4. The van der Waals surface area contributed by atoms with Crippen molar-refractivity contribution < 1.29 is 14.3 Å². The molecular formula is C26H28N2O4S2. The van der Waals surface area contributed by atoms with Crippen LogP contribution in [0.25, 0.3) is 6.08 Å². The summed E-state index contributed by atoms with van der Waals surface area (Å²) in [6.07, 6.45) is 3.63. The highest BCUT2D eigenvalue weighted by atomic mass is 32.1. The summed E-state index contributed by atoms with van der Waals surface area (Å²) in [5, 5.41) is 1.97. The number of allylic oxidation sites excluding steroid dienone is 1. The van der Waals surface area contributed by atoms with Gasteiger partial charge in [0.25, 0.3) is 5.56 Å². The molecule has 0 spiro atoms. The lowest BCUT2D eigenvalue weighted by atomic mass is 9.96. The molecule has 178 valence electrons. The molecule has 4 rings (SSSR count). The van der Waals surface area contributed by atoms with E-state index in [2.05, 4.69) is 11.9 Å². The van der Waals surface area contributed by atoms with Crippen LogP contribution < -0.4 is 19.6 Å². The first-order chi connectivity index (χ1) is 16.4. The zero-order valence-electron chi connectivity index (χ0n) is 19.7. The normalized spacial score (nSPS) is 15.9. The van der Waals surface area contributed by atoms with Gasteiger partial charge in [-0.2, -0.15) is 0 Å². The number of unbranched alkanes of at least 4 members (excludes halogenated alkanes) is 1. The molecule has 34 heavy (non-hydrogen) atoms. The van der Waals surface area contributed by atoms with Gasteiger partial charge in [0.1, 0.15) is 5.75 Å². The van der Waals surface area contributed by atoms with Crippen LogP contribution in [0.15, 0.2) is 62.8 Å². The highest BCUT2D eigenvalue weighted by molar-refractivity contribution is 7.11. The van der Waals surface area contributed by atoms with Crippen molar-refractivity contribution in [2.45, 2.75) is 52.7 Å². The highest BCUT2D eigenvalue weighted by Gasteiger charge is 2.33. The van der Waals surface area contributed by atoms with E-state index in [1.54, 1.807) is 22.8 Å². The average molecular weight is 497 g/mol. The maximum atomic E-state index is 13.5. The van der Waals surface area contributed by atoms with Crippen molar-refractivity contribution >= 4 is 34.7 Å². The minimum atomic E-state index is -0.627. The molecule has 1 unspecified atom stereocenters. The maximum Gasteiger partial charge on any atom is 0.338 e. The summed E-state index contributed by atoms with van der Waals surface area (Å²) in [7, 11) is 0. The molecule has 0 radical (unpaired) electrons. The number of hydrogen-bond donors (Lipinski definition) is 0. The van der Waals surface area contributed by atoms with Gasteiger partial charge in [0, 0.05) is 4.88 Å². The van der Waals surface area contributed by atoms with E-state index in [-0.39, 0.29) is 11.7 Å². The van der Waals surface area contributed by atoms with Crippen molar-refractivity contribution in [1.82, 2.24) is 4.57 Å². The van der Waals surface area contributed by atoms with Gasteiger partial charge in [-0.25, -0.2) is 9.79 Å². The molecule has 0 N–H and O–H groups in total. The predicted octanol–water partition coefficient (Wildman–Crippen LogP) is 4.43. The number of thiazole rings is 1. The van der Waals surface area contributed by atoms with Gasteiger partial charge in [-0.15, -0.1) is 11.3 Å². The number of rotatable bonds is 8. The van der Waals surface area contributed by atoms with Crippen molar-refractivity contribution in [1.29, 1.82) is 0 Å². The molecule has 0 bridgehead atoms. The fourth-order valence-corrected chi connectivity index (χ4v) is 5.53. The lowest BCUT2D eigenvalue weighted by Crippen LogP contribution is -2.40. The van der Waals surface area contributed by atoms with E-state index in [0.717, 1.165) is 29.0 Å². The third-order valence-corrected chi connectivity index (χ3v) is 7.17. The maximum absolute atomic E-state index is 13.5. The van der Waals surface area contributed by atoms with Crippen LogP contribution in [0.1, 0.15) is 57.0 Å². The van der Waals surface area contributed by atoms with Crippen LogP contribution in [-0.2, 0) is 9.53 Å². The fraction of sp³-hybridized carbons (Fsp3) is 0.346. The van der Waals surface area contributed by atoms with Crippen LogP contribution in [-0.4, -0.2) is 23.2 Å². The summed E-state index contributed by atoms with van der Waals surface area (Å²) >= 11 is 2.90. The van der Waals surface area contributed by atoms with Gasteiger partial charge < -0.3 is 9.47 Å². The fourth-order valence-electron chi connectivity index (χ4n) is 3.76. The molecule has 1 atom stereocenters. The predicted molar refractivity (Wildman–Crippen MR) is 136 cm³/mol. The molecule has 2 aromatic heterocycles. The van der Waals surface area contributed by atoms with Crippen molar-refractivity contribution in [3.05, 3.63) is 83.2 Å². The van der Waals surface area contributed by atoms with Gasteiger partial charge in [-0.1, -0.05) is 42.9 Å². The largest absolute Gasteiger partial charge is 0.494 e. The van der Waals surface area contributed by atoms with E-state index in [1.165, 1.54) is 11.3 Å². The van der Waals surface area contributed by atoms with E-state index < -0.39 is 12.0 Å². The molecule has 0 saturated heterocycles. The van der Waals surface area contributed by atoms with Crippen LogP contribution >= 0.6 is 22.7 Å². The van der Waals surface area contributed by atoms with Gasteiger partial charge in [0.05, 0.1) is 34.6 Å². The second-order valence-corrected chi connectivity index (χ2v) is 10.3. The monoisotopic (exact) mass is 496 g/mol. The Morgan fingerprint density at radius 2 is 2.00 bits per heavy atom. The number of benzene rings is 1. The van der Waals surface area contributed by atoms with Crippen LogP contribution in [0.4, 0.5) is 0 Å². The third kappa shape index (κ3) is 5.08. The summed E-state index contributed by atoms with van der Waals surface area (Å²) < 4.78 is 13.5. The average Bonchev–Trinajstić information content (AvgIpc) is 3.41. The minimum absolute atomic E-state index is 0.173. The summed E-state index contributed by atoms with van der Waals surface area (Å²) in [6.45, 7) is 8.18. The molecular weight excluding hydrogens is 468 g/mol. The zero-order chi connectivity index (χ0) is 24.2. The van der Waals surface area contributed by atoms with Gasteiger partial charge in [0.15, 0.2) is 4.80 Å². The molecule has 3 heterocycles. The van der Waals surface area contributed by atoms with Crippen LogP contribution in [0.3, 0.4) is 0 Å². The zero-order valence-corrected chi connectivity index (χ0v) is 21.4. The summed E-state index contributed by atoms with van der Waals surface area (Å²) in [5.41, 5.74) is 1.57. The Morgan fingerprint density at radius 3 is 2.65 bits per heavy atom. The van der Waals surface area contributed by atoms with Crippen LogP contribution in [0.2, 0.25) is 0 Å². The smallest absolute Gasteiger partial charge is 0.338 e. The van der Waals surface area contributed by atoms with Crippen LogP contribution in [0, 0.1) is 0 Å². The number of fused-ring (bicyclic) bond motifs is 1. The third-order valence-electron chi connectivity index (χ3n) is 5.36. The van der Waals surface area contributed by atoms with Crippen molar-refractivity contribution in [2.75, 3.05) is 6.61 Å². The van der Waals surface area contributed by atoms with Crippen molar-refractivity contribution in [3.8, 4) is 5.75 Å². The Morgan fingerprint density at radius 1 is 1.24 bits per heavy atom. The Balaban J connectivity index is 1.83. The quantitative estimate of drug-likeness (QED) is 0.342. The molecule has 0 aliphatic carbocycles. The highest BCUT2D eigenvalue weighted by Crippen LogP contribution is 2.32. The second-order valence-electron chi connectivity index (χ2n) is 8.32. The molecule has 0 saturated carbocycles. The van der Waals surface area contributed by atoms with Crippen molar-refractivity contribution in [2.24, 2.45) is 4.99 Å². The molecule has 1 aliphatic rings. The minimum Gasteiger partial charge on any atom is -0.494 e. The summed E-state index contributed by atoms with van der Waals surface area (Å²) in [4.78, 5) is 32.9. The Bertz CT molecular complexity index is 1360. The molecule has 0 amide bonds. The number of carbonyl (C=O) groups excluding carboxylic acids is 1. The van der Waals surface area contributed by atoms with Gasteiger partial charge in [-0.05, 0) is 62.4 Å². The van der Waals surface area contributed by atoms with Crippen molar-refractivity contribution in [3.63, 3.8) is 0 Å². The number of ether oxygens (including phenoxy) is 2. The summed E-state index contributed by atoms with van der Waals surface area (Å²) in [6, 6.07) is 10.9. The molecule has 8 heteroatoms. The SMILES string of the molecule is CCCCOc1ccc(C2C(C(=O)OC(C)C)=C(C)N=c3sc(=Cc4cccs4)c(=O)n32)cc1. The number of aromatic nitrogens is 1. The number of esters is 1. The Hall–Kier alpha value is -2.97. The second kappa shape index (κ2) is 10.5. The van der Waals surface area contributed by atoms with E-state index >= 15 is 0 Å². The molecule has 1 aliphatic heterocycles. The molecule has 3 aromatic rings. The number of hydrogen-bond acceptors (Lipinski definition) is 7. The van der Waals surface area contributed by atoms with E-state index in [1.807, 2.05) is 61.7 Å². The Kier molecular flexibility index (Phi) is 7.48. The van der Waals surface area contributed by atoms with E-state index in [0.29, 0.717) is 27.2 Å². The topological polar surface area (TPSA) is 69.9 Å². The number of carbonyl (C=O) groups is 1. The van der Waals surface area contributed by atoms with E-state index in [9.17, 15) is 9.59 Å². The Labute approximate surface area is 206 Å². The lowest BCUT2D eigenvalue weighted by molar-refractivity contribution is -0.143. The van der Waals surface area contributed by atoms with E-state index in [4.69, 9.17) is 9.47 Å². The molecule has 1 aromatic carbocycles. The van der Waals surface area contributed by atoms with Gasteiger partial charge in [0.2, 0.25) is 0 Å². The van der Waals surface area contributed by atoms with Gasteiger partial charge >= 0.3 is 5.97 Å². The molecule has 6 nitrogen and oxygen atoms in total. The van der Waals surface area contributed by atoms with Gasteiger partial charge in [-0.3, -0.25) is 9.36 Å². The first-order valence-corrected chi connectivity index (χ1v) is 13.1. The van der Waals surface area contributed by atoms with Crippen LogP contribution in [0.5, 0.6) is 5.75 Å². The number of nitrogens with zero attached hydrogens (tertiary/aromatic N) is 2.